The minimum absolute atomic E-state index is 0.423. The van der Waals surface area contributed by atoms with Gasteiger partial charge in [-0.05, 0) is 38.3 Å². The predicted molar refractivity (Wildman–Crippen MR) is 64.0 cm³/mol. The van der Waals surface area contributed by atoms with Crippen LogP contribution < -0.4 is 0 Å². The van der Waals surface area contributed by atoms with Crippen LogP contribution in [0.2, 0.25) is 0 Å². The summed E-state index contributed by atoms with van der Waals surface area (Å²) in [5.41, 5.74) is 0. The third-order valence-corrected chi connectivity index (χ3v) is 3.33. The average Bonchev–Trinajstić information content (AvgIpc) is 2.22. The molecule has 0 unspecified atom stereocenters. The number of ketones is 1. The predicted octanol–water partition coefficient (Wildman–Crippen LogP) is 2.87. The number of rotatable bonds is 6. The standard InChI is InChI=1S/C13H25NO/c1-3-5-12-7-9-14(10-8-12)11-13(15)6-4-2/h12H,3-11H2,1-2H3. The van der Waals surface area contributed by atoms with Gasteiger partial charge in [0, 0.05) is 6.42 Å². The van der Waals surface area contributed by atoms with Gasteiger partial charge in [0.1, 0.15) is 5.78 Å². The monoisotopic (exact) mass is 211 g/mol. The van der Waals surface area contributed by atoms with E-state index in [2.05, 4.69) is 18.7 Å². The van der Waals surface area contributed by atoms with Gasteiger partial charge in [-0.3, -0.25) is 9.69 Å². The zero-order valence-corrected chi connectivity index (χ0v) is 10.3. The Morgan fingerprint density at radius 2 is 1.87 bits per heavy atom. The number of piperidine rings is 1. The second-order valence-electron chi connectivity index (χ2n) is 4.80. The van der Waals surface area contributed by atoms with Gasteiger partial charge in [0.25, 0.3) is 0 Å². The highest BCUT2D eigenvalue weighted by Crippen LogP contribution is 2.21. The molecule has 1 aliphatic heterocycles. The summed E-state index contributed by atoms with van der Waals surface area (Å²) in [6.45, 7) is 7.31. The molecular weight excluding hydrogens is 186 g/mol. The Kier molecular flexibility index (Phi) is 5.92. The summed E-state index contributed by atoms with van der Waals surface area (Å²) >= 11 is 0. The Hall–Kier alpha value is -0.370. The maximum Gasteiger partial charge on any atom is 0.146 e. The molecule has 0 aliphatic carbocycles. The Morgan fingerprint density at radius 1 is 1.20 bits per heavy atom. The number of carbonyl (C=O) groups is 1. The number of Topliss-reactive ketones (excluding diaryl/α,β-unsaturated/α-hetero) is 1. The second-order valence-corrected chi connectivity index (χ2v) is 4.80. The van der Waals surface area contributed by atoms with Gasteiger partial charge in [-0.2, -0.15) is 0 Å². The third-order valence-electron chi connectivity index (χ3n) is 3.33. The second kappa shape index (κ2) is 7.00. The van der Waals surface area contributed by atoms with E-state index in [1.165, 1.54) is 25.7 Å². The molecule has 0 aromatic carbocycles. The van der Waals surface area contributed by atoms with Gasteiger partial charge in [0.05, 0.1) is 6.54 Å². The van der Waals surface area contributed by atoms with E-state index < -0.39 is 0 Å². The Bertz CT molecular complexity index is 183. The first-order valence-corrected chi connectivity index (χ1v) is 6.50. The molecule has 2 nitrogen and oxygen atoms in total. The molecule has 0 radical (unpaired) electrons. The molecule has 1 saturated heterocycles. The molecular formula is C13H25NO. The highest BCUT2D eigenvalue weighted by atomic mass is 16.1. The molecule has 0 aromatic rings. The van der Waals surface area contributed by atoms with E-state index in [0.29, 0.717) is 12.3 Å². The van der Waals surface area contributed by atoms with Crippen LogP contribution in [0.5, 0.6) is 0 Å². The minimum Gasteiger partial charge on any atom is -0.298 e. The van der Waals surface area contributed by atoms with Crippen molar-refractivity contribution in [3.8, 4) is 0 Å². The first-order valence-electron chi connectivity index (χ1n) is 6.50. The van der Waals surface area contributed by atoms with Crippen molar-refractivity contribution in [3.05, 3.63) is 0 Å². The van der Waals surface area contributed by atoms with Crippen molar-refractivity contribution < 1.29 is 4.79 Å². The fourth-order valence-electron chi connectivity index (χ4n) is 2.45. The zero-order chi connectivity index (χ0) is 11.1. The lowest BCUT2D eigenvalue weighted by molar-refractivity contribution is -0.120. The zero-order valence-electron chi connectivity index (χ0n) is 10.3. The molecule has 0 aromatic heterocycles. The van der Waals surface area contributed by atoms with Crippen molar-refractivity contribution >= 4 is 5.78 Å². The molecule has 2 heteroatoms. The molecule has 15 heavy (non-hydrogen) atoms. The first-order chi connectivity index (χ1) is 7.26. The maximum atomic E-state index is 11.5. The fraction of sp³-hybridized carbons (Fsp3) is 0.923. The number of hydrogen-bond acceptors (Lipinski definition) is 2. The normalized spacial score (nSPS) is 19.3. The van der Waals surface area contributed by atoms with Crippen LogP contribution in [0.1, 0.15) is 52.4 Å². The number of carbonyl (C=O) groups excluding carboxylic acids is 1. The van der Waals surface area contributed by atoms with Crippen LogP contribution in [0.3, 0.4) is 0 Å². The Morgan fingerprint density at radius 3 is 2.40 bits per heavy atom. The summed E-state index contributed by atoms with van der Waals surface area (Å²) < 4.78 is 0. The van der Waals surface area contributed by atoms with Crippen molar-refractivity contribution in [1.82, 2.24) is 4.90 Å². The molecule has 1 aliphatic rings. The smallest absolute Gasteiger partial charge is 0.146 e. The molecule has 0 amide bonds. The van der Waals surface area contributed by atoms with Gasteiger partial charge in [-0.15, -0.1) is 0 Å². The van der Waals surface area contributed by atoms with E-state index in [4.69, 9.17) is 0 Å². The van der Waals surface area contributed by atoms with Gasteiger partial charge in [-0.1, -0.05) is 26.7 Å². The van der Waals surface area contributed by atoms with Gasteiger partial charge in [-0.25, -0.2) is 0 Å². The van der Waals surface area contributed by atoms with Crippen LogP contribution in [0.4, 0.5) is 0 Å². The third kappa shape index (κ3) is 4.78. The highest BCUT2D eigenvalue weighted by Gasteiger charge is 2.19. The van der Waals surface area contributed by atoms with Crippen molar-refractivity contribution in [1.29, 1.82) is 0 Å². The van der Waals surface area contributed by atoms with Gasteiger partial charge in [0.15, 0.2) is 0 Å². The van der Waals surface area contributed by atoms with E-state index in [9.17, 15) is 4.79 Å². The average molecular weight is 211 g/mol. The number of nitrogens with zero attached hydrogens (tertiary/aromatic N) is 1. The number of hydrogen-bond donors (Lipinski definition) is 0. The van der Waals surface area contributed by atoms with E-state index in [1.807, 2.05) is 0 Å². The fourth-order valence-corrected chi connectivity index (χ4v) is 2.45. The lowest BCUT2D eigenvalue weighted by Gasteiger charge is -2.31. The van der Waals surface area contributed by atoms with E-state index in [1.54, 1.807) is 0 Å². The molecule has 1 rings (SSSR count). The summed E-state index contributed by atoms with van der Waals surface area (Å²) in [7, 11) is 0. The van der Waals surface area contributed by atoms with Gasteiger partial charge < -0.3 is 0 Å². The van der Waals surface area contributed by atoms with Crippen molar-refractivity contribution in [2.45, 2.75) is 52.4 Å². The topological polar surface area (TPSA) is 20.3 Å². The molecule has 0 N–H and O–H groups in total. The number of likely N-dealkylation sites (tertiary alicyclic amines) is 1. The highest BCUT2D eigenvalue weighted by molar-refractivity contribution is 5.80. The molecule has 88 valence electrons. The molecule has 0 saturated carbocycles. The summed E-state index contributed by atoms with van der Waals surface area (Å²) in [5.74, 6) is 1.35. The van der Waals surface area contributed by atoms with Crippen LogP contribution >= 0.6 is 0 Å². The Balaban J connectivity index is 2.16. The SMILES string of the molecule is CCCC(=O)CN1CCC(CCC)CC1. The molecule has 1 fully saturated rings. The summed E-state index contributed by atoms with van der Waals surface area (Å²) in [6, 6.07) is 0. The van der Waals surface area contributed by atoms with Crippen LogP contribution in [-0.4, -0.2) is 30.3 Å². The summed E-state index contributed by atoms with van der Waals surface area (Å²) in [6.07, 6.45) is 7.02. The minimum atomic E-state index is 0.423. The molecule has 0 bridgehead atoms. The van der Waals surface area contributed by atoms with Gasteiger partial charge in [0.2, 0.25) is 0 Å². The first kappa shape index (κ1) is 12.7. The largest absolute Gasteiger partial charge is 0.298 e. The van der Waals surface area contributed by atoms with Crippen LogP contribution in [-0.2, 0) is 4.79 Å². The lowest BCUT2D eigenvalue weighted by Crippen LogP contribution is -2.37. The van der Waals surface area contributed by atoms with E-state index in [0.717, 1.165) is 31.8 Å². The molecule has 0 atom stereocenters. The van der Waals surface area contributed by atoms with Gasteiger partial charge >= 0.3 is 0 Å². The van der Waals surface area contributed by atoms with Crippen molar-refractivity contribution in [2.24, 2.45) is 5.92 Å². The molecule has 0 spiro atoms. The maximum absolute atomic E-state index is 11.5. The quantitative estimate of drug-likeness (QED) is 0.673. The molecule has 1 heterocycles. The van der Waals surface area contributed by atoms with Crippen molar-refractivity contribution in [3.63, 3.8) is 0 Å². The lowest BCUT2D eigenvalue weighted by atomic mass is 9.92. The van der Waals surface area contributed by atoms with Crippen LogP contribution in [0.15, 0.2) is 0 Å². The Labute approximate surface area is 94.0 Å². The van der Waals surface area contributed by atoms with Crippen LogP contribution in [0, 0.1) is 5.92 Å². The van der Waals surface area contributed by atoms with Crippen LogP contribution in [0.25, 0.3) is 0 Å². The summed E-state index contributed by atoms with van der Waals surface area (Å²) in [4.78, 5) is 13.8. The van der Waals surface area contributed by atoms with Crippen molar-refractivity contribution in [2.75, 3.05) is 19.6 Å². The van der Waals surface area contributed by atoms with E-state index >= 15 is 0 Å². The van der Waals surface area contributed by atoms with E-state index in [-0.39, 0.29) is 0 Å². The summed E-state index contributed by atoms with van der Waals surface area (Å²) in [5, 5.41) is 0.